The van der Waals surface area contributed by atoms with Crippen molar-refractivity contribution >= 4 is 50.0 Å². The minimum Gasteiger partial charge on any atom is -0.358 e. The minimum absolute atomic E-state index is 0.260. The third kappa shape index (κ3) is 5.91. The van der Waals surface area contributed by atoms with Crippen LogP contribution in [0.1, 0.15) is 47.4 Å². The van der Waals surface area contributed by atoms with Gasteiger partial charge in [-0.15, -0.1) is 0 Å². The number of sulfonamides is 1. The number of H-pyrrole nitrogens is 1. The molecule has 31 heavy (non-hydrogen) atoms. The number of carbonyl (C=O) groups excluding carboxylic acids is 1. The maximum atomic E-state index is 12.6. The molecule has 1 heterocycles. The lowest BCUT2D eigenvalue weighted by molar-refractivity contribution is 0.0982. The lowest BCUT2D eigenvalue weighted by Gasteiger charge is -2.07. The molecule has 5 nitrogen and oxygen atoms in total. The summed E-state index contributed by atoms with van der Waals surface area (Å²) in [7, 11) is -3.86. The summed E-state index contributed by atoms with van der Waals surface area (Å²) < 4.78 is 26.5. The number of hydrogen-bond donors (Lipinski definition) is 2. The van der Waals surface area contributed by atoms with Crippen molar-refractivity contribution in [1.82, 2.24) is 9.71 Å². The summed E-state index contributed by atoms with van der Waals surface area (Å²) in [6, 6.07) is 10.4. The summed E-state index contributed by atoms with van der Waals surface area (Å²) in [5.41, 5.74) is 3.95. The zero-order valence-electron chi connectivity index (χ0n) is 17.5. The summed E-state index contributed by atoms with van der Waals surface area (Å²) in [5, 5.41) is 3.00. The molecule has 0 unspecified atom stereocenters. The van der Waals surface area contributed by atoms with Gasteiger partial charge in [0.2, 0.25) is 0 Å². The highest BCUT2D eigenvalue weighted by molar-refractivity contribution is 7.92. The normalized spacial score (nSPS) is 12.2. The van der Waals surface area contributed by atoms with Crippen LogP contribution in [0.15, 0.2) is 47.9 Å². The zero-order chi connectivity index (χ0) is 22.8. The van der Waals surface area contributed by atoms with E-state index in [0.29, 0.717) is 28.8 Å². The fourth-order valence-electron chi connectivity index (χ4n) is 3.28. The van der Waals surface area contributed by atoms with Crippen molar-refractivity contribution in [3.63, 3.8) is 0 Å². The molecule has 2 aromatic carbocycles. The molecule has 0 saturated carbocycles. The summed E-state index contributed by atoms with van der Waals surface area (Å²) in [4.78, 5) is 15.9. The number of carbonyl (C=O) groups is 1. The van der Waals surface area contributed by atoms with Crippen molar-refractivity contribution in [3.8, 4) is 0 Å². The SMILES string of the molecule is Cc1[nH]c2ccc(C(=O)NS(=O)(=O)C=CCC(C)C)cc2c1Cc1ccc(Cl)cc1Cl. The molecule has 164 valence electrons. The Kier molecular flexibility index (Phi) is 7.14. The molecule has 0 aliphatic carbocycles. The van der Waals surface area contributed by atoms with Crippen molar-refractivity contribution < 1.29 is 13.2 Å². The van der Waals surface area contributed by atoms with E-state index in [4.69, 9.17) is 23.2 Å². The Labute approximate surface area is 192 Å². The molecule has 0 atom stereocenters. The average Bonchev–Trinajstić information content (AvgIpc) is 2.97. The third-order valence-electron chi connectivity index (χ3n) is 4.88. The number of rotatable bonds is 7. The highest BCUT2D eigenvalue weighted by atomic mass is 35.5. The van der Waals surface area contributed by atoms with E-state index in [-0.39, 0.29) is 5.56 Å². The topological polar surface area (TPSA) is 79.0 Å². The van der Waals surface area contributed by atoms with Crippen LogP contribution >= 0.6 is 23.2 Å². The second-order valence-corrected chi connectivity index (χ2v) is 10.3. The largest absolute Gasteiger partial charge is 0.358 e. The molecule has 0 bridgehead atoms. The first-order chi connectivity index (χ1) is 14.6. The van der Waals surface area contributed by atoms with Gasteiger partial charge in [0.1, 0.15) is 0 Å². The van der Waals surface area contributed by atoms with Gasteiger partial charge in [0.05, 0.1) is 0 Å². The molecule has 1 amide bonds. The van der Waals surface area contributed by atoms with Gasteiger partial charge in [0.15, 0.2) is 0 Å². The van der Waals surface area contributed by atoms with Crippen LogP contribution in [0.5, 0.6) is 0 Å². The predicted octanol–water partition coefficient (Wildman–Crippen LogP) is 5.99. The van der Waals surface area contributed by atoms with Gasteiger partial charge in [-0.25, -0.2) is 13.1 Å². The second-order valence-electron chi connectivity index (χ2n) is 7.88. The van der Waals surface area contributed by atoms with E-state index in [2.05, 4.69) is 9.71 Å². The number of allylic oxidation sites excluding steroid dienone is 1. The molecule has 3 aromatic rings. The molecule has 3 rings (SSSR count). The number of nitrogens with one attached hydrogen (secondary N) is 2. The van der Waals surface area contributed by atoms with E-state index >= 15 is 0 Å². The number of hydrogen-bond acceptors (Lipinski definition) is 3. The van der Waals surface area contributed by atoms with E-state index < -0.39 is 15.9 Å². The average molecular weight is 479 g/mol. The number of halogens is 2. The highest BCUT2D eigenvalue weighted by Crippen LogP contribution is 2.29. The molecular weight excluding hydrogens is 455 g/mol. The van der Waals surface area contributed by atoms with Gasteiger partial charge in [0, 0.05) is 44.0 Å². The smallest absolute Gasteiger partial charge is 0.265 e. The Bertz CT molecular complexity index is 1260. The van der Waals surface area contributed by atoms with Crippen molar-refractivity contribution in [3.05, 3.63) is 80.3 Å². The second kappa shape index (κ2) is 9.47. The van der Waals surface area contributed by atoms with Crippen molar-refractivity contribution in [2.24, 2.45) is 5.92 Å². The van der Waals surface area contributed by atoms with Gasteiger partial charge < -0.3 is 4.98 Å². The number of aryl methyl sites for hydroxylation is 1. The van der Waals surface area contributed by atoms with E-state index in [0.717, 1.165) is 33.1 Å². The van der Waals surface area contributed by atoms with Gasteiger partial charge in [-0.1, -0.05) is 49.2 Å². The fraction of sp³-hybridized carbons (Fsp3) is 0.261. The highest BCUT2D eigenvalue weighted by Gasteiger charge is 2.17. The molecular formula is C23H24Cl2N2O3S. The first-order valence-corrected chi connectivity index (χ1v) is 12.1. The van der Waals surface area contributed by atoms with Crippen LogP contribution in [-0.4, -0.2) is 19.3 Å². The van der Waals surface area contributed by atoms with E-state index in [1.54, 1.807) is 36.4 Å². The van der Waals surface area contributed by atoms with Crippen LogP contribution in [0.2, 0.25) is 10.0 Å². The number of aromatic amines is 1. The van der Waals surface area contributed by atoms with Crippen LogP contribution < -0.4 is 4.72 Å². The Balaban J connectivity index is 1.89. The molecule has 0 aliphatic heterocycles. The maximum Gasteiger partial charge on any atom is 0.265 e. The minimum atomic E-state index is -3.86. The van der Waals surface area contributed by atoms with Gasteiger partial charge in [0.25, 0.3) is 15.9 Å². The third-order valence-corrected chi connectivity index (χ3v) is 6.49. The van der Waals surface area contributed by atoms with Crippen molar-refractivity contribution in [1.29, 1.82) is 0 Å². The van der Waals surface area contributed by atoms with Gasteiger partial charge in [-0.2, -0.15) is 0 Å². The van der Waals surface area contributed by atoms with E-state index in [1.165, 1.54) is 0 Å². The molecule has 1 aromatic heterocycles. The summed E-state index contributed by atoms with van der Waals surface area (Å²) in [6.45, 7) is 5.92. The van der Waals surface area contributed by atoms with Gasteiger partial charge in [-0.05, 0) is 60.7 Å². The number of aromatic nitrogens is 1. The number of benzene rings is 2. The molecule has 0 aliphatic rings. The molecule has 0 spiro atoms. The molecule has 0 fully saturated rings. The molecule has 2 N–H and O–H groups in total. The maximum absolute atomic E-state index is 12.6. The Morgan fingerprint density at radius 1 is 1.16 bits per heavy atom. The standard InChI is InChI=1S/C23H24Cl2N2O3S/c1-14(2)5-4-10-31(29,30)27-23(28)17-7-9-22-20(12-17)19(15(3)26-22)11-16-6-8-18(24)13-21(16)25/h4,6-10,12-14,26H,5,11H2,1-3H3,(H,27,28). The summed E-state index contributed by atoms with van der Waals surface area (Å²) >= 11 is 12.3. The lowest BCUT2D eigenvalue weighted by atomic mass is 10.0. The van der Waals surface area contributed by atoms with Crippen LogP contribution in [0.25, 0.3) is 10.9 Å². The van der Waals surface area contributed by atoms with E-state index in [9.17, 15) is 13.2 Å². The molecule has 8 heteroatoms. The van der Waals surface area contributed by atoms with E-state index in [1.807, 2.05) is 26.8 Å². The Morgan fingerprint density at radius 2 is 1.90 bits per heavy atom. The van der Waals surface area contributed by atoms with Crippen LogP contribution in [0.4, 0.5) is 0 Å². The zero-order valence-corrected chi connectivity index (χ0v) is 19.8. The number of fused-ring (bicyclic) bond motifs is 1. The van der Waals surface area contributed by atoms with Crippen LogP contribution in [0.3, 0.4) is 0 Å². The Hall–Kier alpha value is -2.28. The Morgan fingerprint density at radius 3 is 2.58 bits per heavy atom. The number of amides is 1. The summed E-state index contributed by atoms with van der Waals surface area (Å²) in [5.74, 6) is -0.348. The quantitative estimate of drug-likeness (QED) is 0.437. The predicted molar refractivity (Wildman–Crippen MR) is 127 cm³/mol. The fourth-order valence-corrected chi connectivity index (χ4v) is 4.57. The van der Waals surface area contributed by atoms with Gasteiger partial charge >= 0.3 is 0 Å². The monoisotopic (exact) mass is 478 g/mol. The molecule has 0 saturated heterocycles. The van der Waals surface area contributed by atoms with Crippen molar-refractivity contribution in [2.75, 3.05) is 0 Å². The molecule has 0 radical (unpaired) electrons. The first kappa shape index (κ1) is 23.4. The first-order valence-electron chi connectivity index (χ1n) is 9.84. The van der Waals surface area contributed by atoms with Crippen LogP contribution in [-0.2, 0) is 16.4 Å². The lowest BCUT2D eigenvalue weighted by Crippen LogP contribution is -2.28. The van der Waals surface area contributed by atoms with Crippen molar-refractivity contribution in [2.45, 2.75) is 33.6 Å². The van der Waals surface area contributed by atoms with Gasteiger partial charge in [-0.3, -0.25) is 4.79 Å². The summed E-state index contributed by atoms with van der Waals surface area (Å²) in [6.07, 6.45) is 2.70. The van der Waals surface area contributed by atoms with Crippen LogP contribution in [0, 0.1) is 12.8 Å².